The minimum atomic E-state index is -1.30. The summed E-state index contributed by atoms with van der Waals surface area (Å²) < 4.78 is 5.49. The van der Waals surface area contributed by atoms with Crippen LogP contribution in [0, 0.1) is 6.92 Å². The normalized spacial score (nSPS) is 22.6. The van der Waals surface area contributed by atoms with Crippen LogP contribution in [-0.2, 0) is 20.6 Å². The number of aliphatic carboxylic acids is 1. The standard InChI is InChI=1S/C16H21NO5/c1-9(18)5-6-16(4,21)12-7-11-13(10(2)17-12)22-8-15(11,3)14(19)20/h7,21H,5-6,8H2,1-4H3,(H,19,20)/t15-,16?/m0/s1. The molecule has 0 spiro atoms. The van der Waals surface area contributed by atoms with E-state index < -0.39 is 17.0 Å². The van der Waals surface area contributed by atoms with Crippen molar-refractivity contribution in [2.75, 3.05) is 6.61 Å². The summed E-state index contributed by atoms with van der Waals surface area (Å²) in [6, 6.07) is 1.59. The van der Waals surface area contributed by atoms with Crippen molar-refractivity contribution in [3.63, 3.8) is 0 Å². The summed E-state index contributed by atoms with van der Waals surface area (Å²) in [6.07, 6.45) is 0.468. The van der Waals surface area contributed by atoms with E-state index in [9.17, 15) is 19.8 Å². The summed E-state index contributed by atoms with van der Waals surface area (Å²) in [5, 5.41) is 20.1. The van der Waals surface area contributed by atoms with Crippen molar-refractivity contribution in [3.8, 4) is 5.75 Å². The Hall–Kier alpha value is -1.95. The topological polar surface area (TPSA) is 96.7 Å². The first kappa shape index (κ1) is 16.4. The minimum Gasteiger partial charge on any atom is -0.490 e. The molecule has 0 radical (unpaired) electrons. The molecule has 6 nitrogen and oxygen atoms in total. The van der Waals surface area contributed by atoms with E-state index in [1.807, 2.05) is 0 Å². The first-order valence-corrected chi connectivity index (χ1v) is 7.18. The van der Waals surface area contributed by atoms with E-state index in [1.165, 1.54) is 6.92 Å². The zero-order chi connectivity index (χ0) is 16.7. The van der Waals surface area contributed by atoms with Gasteiger partial charge in [-0.1, -0.05) is 0 Å². The Bertz CT molecular complexity index is 638. The summed E-state index contributed by atoms with van der Waals surface area (Å²) in [5.74, 6) is -0.529. The number of aliphatic hydroxyl groups is 1. The maximum Gasteiger partial charge on any atom is 0.317 e. The predicted octanol–water partition coefficient (Wildman–Crippen LogP) is 1.70. The molecule has 22 heavy (non-hydrogen) atoms. The molecule has 0 fully saturated rings. The van der Waals surface area contributed by atoms with Crippen molar-refractivity contribution < 1.29 is 24.5 Å². The van der Waals surface area contributed by atoms with Crippen LogP contribution in [-0.4, -0.2) is 33.6 Å². The second kappa shape index (κ2) is 5.35. The Kier molecular flexibility index (Phi) is 4.00. The number of aryl methyl sites for hydroxylation is 1. The number of rotatable bonds is 5. The van der Waals surface area contributed by atoms with Gasteiger partial charge in [-0.2, -0.15) is 0 Å². The first-order chi connectivity index (χ1) is 10.1. The monoisotopic (exact) mass is 307 g/mol. The summed E-state index contributed by atoms with van der Waals surface area (Å²) in [7, 11) is 0. The van der Waals surface area contributed by atoms with Gasteiger partial charge in [0.25, 0.3) is 0 Å². The van der Waals surface area contributed by atoms with Gasteiger partial charge < -0.3 is 19.7 Å². The Morgan fingerprint density at radius 1 is 1.50 bits per heavy atom. The Labute approximate surface area is 129 Å². The molecule has 1 aliphatic heterocycles. The van der Waals surface area contributed by atoms with Crippen molar-refractivity contribution in [3.05, 3.63) is 23.0 Å². The van der Waals surface area contributed by atoms with Gasteiger partial charge in [0.2, 0.25) is 0 Å². The van der Waals surface area contributed by atoms with Gasteiger partial charge in [-0.05, 0) is 40.2 Å². The molecule has 0 amide bonds. The number of carboxylic acid groups (broad SMARTS) is 1. The van der Waals surface area contributed by atoms with Crippen LogP contribution in [0.1, 0.15) is 50.6 Å². The highest BCUT2D eigenvalue weighted by Crippen LogP contribution is 2.42. The number of carboxylic acids is 1. The van der Waals surface area contributed by atoms with E-state index in [0.29, 0.717) is 22.7 Å². The number of carbonyl (C=O) groups is 2. The van der Waals surface area contributed by atoms with E-state index in [-0.39, 0.29) is 25.2 Å². The van der Waals surface area contributed by atoms with Crippen LogP contribution in [0.5, 0.6) is 5.75 Å². The molecule has 1 unspecified atom stereocenters. The Balaban J connectivity index is 2.47. The number of hydrogen-bond donors (Lipinski definition) is 2. The van der Waals surface area contributed by atoms with Crippen LogP contribution in [0.4, 0.5) is 0 Å². The number of ketones is 1. The lowest BCUT2D eigenvalue weighted by atomic mass is 9.82. The molecule has 2 heterocycles. The van der Waals surface area contributed by atoms with Crippen LogP contribution in [0.3, 0.4) is 0 Å². The van der Waals surface area contributed by atoms with Crippen molar-refractivity contribution in [1.29, 1.82) is 0 Å². The summed E-state index contributed by atoms with van der Waals surface area (Å²) in [6.45, 7) is 6.40. The van der Waals surface area contributed by atoms with Crippen molar-refractivity contribution >= 4 is 11.8 Å². The smallest absolute Gasteiger partial charge is 0.317 e. The Morgan fingerprint density at radius 2 is 2.14 bits per heavy atom. The molecule has 120 valence electrons. The van der Waals surface area contributed by atoms with Gasteiger partial charge >= 0.3 is 5.97 Å². The predicted molar refractivity (Wildman–Crippen MR) is 78.9 cm³/mol. The maximum absolute atomic E-state index is 11.6. The molecule has 2 N–H and O–H groups in total. The average Bonchev–Trinajstić information content (AvgIpc) is 2.76. The third-order valence-corrected chi connectivity index (χ3v) is 4.23. The van der Waals surface area contributed by atoms with E-state index in [1.54, 1.807) is 26.8 Å². The van der Waals surface area contributed by atoms with E-state index in [2.05, 4.69) is 4.98 Å². The minimum absolute atomic E-state index is 0.0168. The lowest BCUT2D eigenvalue weighted by molar-refractivity contribution is -0.143. The summed E-state index contributed by atoms with van der Waals surface area (Å²) >= 11 is 0. The molecule has 0 aromatic carbocycles. The number of fused-ring (bicyclic) bond motifs is 1. The largest absolute Gasteiger partial charge is 0.490 e. The molecule has 2 atom stereocenters. The van der Waals surface area contributed by atoms with Crippen LogP contribution in [0.25, 0.3) is 0 Å². The first-order valence-electron chi connectivity index (χ1n) is 7.18. The highest BCUT2D eigenvalue weighted by atomic mass is 16.5. The second-order valence-corrected chi connectivity index (χ2v) is 6.37. The molecule has 1 aliphatic rings. The van der Waals surface area contributed by atoms with Gasteiger partial charge in [0.05, 0.1) is 11.4 Å². The van der Waals surface area contributed by atoms with Gasteiger partial charge in [0.15, 0.2) is 0 Å². The van der Waals surface area contributed by atoms with E-state index in [0.717, 1.165) is 0 Å². The zero-order valence-electron chi connectivity index (χ0n) is 13.3. The molecule has 6 heteroatoms. The van der Waals surface area contributed by atoms with Gasteiger partial charge in [-0.15, -0.1) is 0 Å². The highest BCUT2D eigenvalue weighted by molar-refractivity contribution is 5.83. The molecular formula is C16H21NO5. The van der Waals surface area contributed by atoms with Gasteiger partial charge in [0.1, 0.15) is 29.2 Å². The molecule has 1 aromatic rings. The van der Waals surface area contributed by atoms with Gasteiger partial charge in [-0.3, -0.25) is 9.78 Å². The number of ether oxygens (including phenoxy) is 1. The number of hydrogen-bond acceptors (Lipinski definition) is 5. The van der Waals surface area contributed by atoms with Crippen LogP contribution < -0.4 is 4.74 Å². The van der Waals surface area contributed by atoms with E-state index in [4.69, 9.17) is 4.74 Å². The van der Waals surface area contributed by atoms with Crippen molar-refractivity contribution in [2.45, 2.75) is 51.6 Å². The van der Waals surface area contributed by atoms with Gasteiger partial charge in [-0.25, -0.2) is 0 Å². The van der Waals surface area contributed by atoms with E-state index >= 15 is 0 Å². The molecule has 0 bridgehead atoms. The molecular weight excluding hydrogens is 286 g/mol. The third kappa shape index (κ3) is 2.70. The van der Waals surface area contributed by atoms with Gasteiger partial charge in [0, 0.05) is 12.0 Å². The second-order valence-electron chi connectivity index (χ2n) is 6.37. The van der Waals surface area contributed by atoms with Crippen LogP contribution in [0.15, 0.2) is 6.07 Å². The van der Waals surface area contributed by atoms with Crippen molar-refractivity contribution in [1.82, 2.24) is 4.98 Å². The number of Topliss-reactive ketones (excluding diaryl/α,β-unsaturated/α-hetero) is 1. The quantitative estimate of drug-likeness (QED) is 0.859. The molecule has 0 saturated carbocycles. The fraction of sp³-hybridized carbons (Fsp3) is 0.562. The molecule has 0 aliphatic carbocycles. The van der Waals surface area contributed by atoms with Crippen LogP contribution in [0.2, 0.25) is 0 Å². The number of nitrogens with zero attached hydrogens (tertiary/aromatic N) is 1. The number of pyridine rings is 1. The molecule has 1 aromatic heterocycles. The average molecular weight is 307 g/mol. The maximum atomic E-state index is 11.6. The SMILES string of the molecule is CC(=O)CCC(C)(O)c1cc2c(c(C)n1)OC[C@]2(C)C(=O)O. The lowest BCUT2D eigenvalue weighted by Gasteiger charge is -2.25. The highest BCUT2D eigenvalue weighted by Gasteiger charge is 2.45. The molecule has 2 rings (SSSR count). The number of aromatic nitrogens is 1. The number of carbonyl (C=O) groups excluding carboxylic acids is 1. The van der Waals surface area contributed by atoms with Crippen LogP contribution >= 0.6 is 0 Å². The molecule has 0 saturated heterocycles. The fourth-order valence-electron chi connectivity index (χ4n) is 2.55. The lowest BCUT2D eigenvalue weighted by Crippen LogP contribution is -2.34. The van der Waals surface area contributed by atoms with Crippen molar-refractivity contribution in [2.24, 2.45) is 0 Å². The third-order valence-electron chi connectivity index (χ3n) is 4.23. The zero-order valence-corrected chi connectivity index (χ0v) is 13.3. The Morgan fingerprint density at radius 3 is 2.68 bits per heavy atom. The summed E-state index contributed by atoms with van der Waals surface area (Å²) in [4.78, 5) is 27.0. The summed E-state index contributed by atoms with van der Waals surface area (Å²) in [5.41, 5.74) is -1.03. The fourth-order valence-corrected chi connectivity index (χ4v) is 2.55.